The van der Waals surface area contributed by atoms with E-state index in [1.54, 1.807) is 0 Å². The van der Waals surface area contributed by atoms with Crippen LogP contribution in [0.25, 0.3) is 0 Å². The highest BCUT2D eigenvalue weighted by Gasteiger charge is 2.06. The number of anilines is 2. The smallest absolute Gasteiger partial charge is 0.234 e. The Morgan fingerprint density at radius 3 is 2.38 bits per heavy atom. The Bertz CT molecular complexity index is 732. The lowest BCUT2D eigenvalue weighted by Crippen LogP contribution is -2.14. The maximum atomic E-state index is 12.1. The van der Waals surface area contributed by atoms with Gasteiger partial charge in [0.05, 0.1) is 12.4 Å². The number of carbonyl (C=O) groups is 2. The van der Waals surface area contributed by atoms with E-state index in [-0.39, 0.29) is 11.8 Å². The third-order valence-electron chi connectivity index (χ3n) is 3.41. The third-order valence-corrected chi connectivity index (χ3v) is 4.41. The highest BCUT2D eigenvalue weighted by atomic mass is 32.2. The van der Waals surface area contributed by atoms with Gasteiger partial charge in [-0.2, -0.15) is 0 Å². The van der Waals surface area contributed by atoms with Crippen LogP contribution in [-0.4, -0.2) is 24.2 Å². The minimum Gasteiger partial charge on any atom is -0.494 e. The van der Waals surface area contributed by atoms with Gasteiger partial charge in [-0.25, -0.2) is 0 Å². The first-order chi connectivity index (χ1) is 12.6. The third kappa shape index (κ3) is 6.80. The summed E-state index contributed by atoms with van der Waals surface area (Å²) in [7, 11) is 0. The van der Waals surface area contributed by atoms with Crippen LogP contribution in [0, 0.1) is 0 Å². The van der Waals surface area contributed by atoms with Crippen LogP contribution in [0.15, 0.2) is 53.4 Å². The van der Waals surface area contributed by atoms with E-state index in [1.165, 1.54) is 11.8 Å². The molecule has 0 heterocycles. The molecule has 5 nitrogen and oxygen atoms in total. The second kappa shape index (κ2) is 10.5. The Labute approximate surface area is 158 Å². The molecule has 138 valence electrons. The van der Waals surface area contributed by atoms with E-state index in [2.05, 4.69) is 10.6 Å². The standard InChI is InChI=1S/C20H24N2O3S/c1-3-6-19(23)22-16-7-5-8-18(13-16)26-14-20(24)21-15-9-11-17(12-10-15)25-4-2/h5,7-13H,3-4,6,14H2,1-2H3,(H,21,24)(H,22,23). The number of hydrogen-bond donors (Lipinski definition) is 2. The van der Waals surface area contributed by atoms with Crippen LogP contribution in [0.2, 0.25) is 0 Å². The summed E-state index contributed by atoms with van der Waals surface area (Å²) >= 11 is 1.43. The van der Waals surface area contributed by atoms with Crippen molar-refractivity contribution < 1.29 is 14.3 Å². The van der Waals surface area contributed by atoms with E-state index >= 15 is 0 Å². The van der Waals surface area contributed by atoms with E-state index in [4.69, 9.17) is 4.74 Å². The first-order valence-electron chi connectivity index (χ1n) is 8.66. The monoisotopic (exact) mass is 372 g/mol. The average molecular weight is 372 g/mol. The summed E-state index contributed by atoms with van der Waals surface area (Å²) in [5, 5.41) is 5.72. The molecule has 2 rings (SSSR count). The first kappa shape index (κ1) is 19.8. The van der Waals surface area contributed by atoms with Crippen molar-refractivity contribution in [3.63, 3.8) is 0 Å². The first-order valence-corrected chi connectivity index (χ1v) is 9.64. The fraction of sp³-hybridized carbons (Fsp3) is 0.300. The summed E-state index contributed by atoms with van der Waals surface area (Å²) in [5.41, 5.74) is 1.49. The predicted molar refractivity (Wildman–Crippen MR) is 107 cm³/mol. The van der Waals surface area contributed by atoms with Crippen molar-refractivity contribution >= 4 is 35.0 Å². The number of nitrogens with one attached hydrogen (secondary N) is 2. The molecule has 2 aromatic carbocycles. The van der Waals surface area contributed by atoms with Gasteiger partial charge in [-0.15, -0.1) is 11.8 Å². The average Bonchev–Trinajstić information content (AvgIpc) is 2.62. The van der Waals surface area contributed by atoms with Gasteiger partial charge in [0.15, 0.2) is 0 Å². The molecule has 0 spiro atoms. The molecule has 2 N–H and O–H groups in total. The van der Waals surface area contributed by atoms with Crippen LogP contribution in [0.3, 0.4) is 0 Å². The van der Waals surface area contributed by atoms with Gasteiger partial charge < -0.3 is 15.4 Å². The molecular weight excluding hydrogens is 348 g/mol. The molecule has 26 heavy (non-hydrogen) atoms. The second-order valence-electron chi connectivity index (χ2n) is 5.62. The van der Waals surface area contributed by atoms with Crippen LogP contribution < -0.4 is 15.4 Å². The molecule has 0 unspecified atom stereocenters. The number of ether oxygens (including phenoxy) is 1. The molecule has 0 aromatic heterocycles. The minimum absolute atomic E-state index is 0.00268. The van der Waals surface area contributed by atoms with Gasteiger partial charge in [0.2, 0.25) is 11.8 Å². The molecule has 0 fully saturated rings. The summed E-state index contributed by atoms with van der Waals surface area (Å²) in [6.45, 7) is 4.51. The van der Waals surface area contributed by atoms with Gasteiger partial charge in [0.1, 0.15) is 5.75 Å². The lowest BCUT2D eigenvalue weighted by Gasteiger charge is -2.08. The number of hydrogen-bond acceptors (Lipinski definition) is 4. The van der Waals surface area contributed by atoms with Crippen LogP contribution >= 0.6 is 11.8 Å². The van der Waals surface area contributed by atoms with Crippen molar-refractivity contribution in [2.45, 2.75) is 31.6 Å². The van der Waals surface area contributed by atoms with Gasteiger partial charge in [0, 0.05) is 22.7 Å². The van der Waals surface area contributed by atoms with Crippen molar-refractivity contribution in [1.29, 1.82) is 0 Å². The van der Waals surface area contributed by atoms with Gasteiger partial charge in [-0.3, -0.25) is 9.59 Å². The molecule has 0 atom stereocenters. The fourth-order valence-corrected chi connectivity index (χ4v) is 3.02. The largest absolute Gasteiger partial charge is 0.494 e. The number of amides is 2. The van der Waals surface area contributed by atoms with Gasteiger partial charge in [-0.05, 0) is 55.8 Å². The van der Waals surface area contributed by atoms with Crippen LogP contribution in [0.1, 0.15) is 26.7 Å². The predicted octanol–water partition coefficient (Wildman–Crippen LogP) is 4.55. The Morgan fingerprint density at radius 2 is 1.69 bits per heavy atom. The fourth-order valence-electron chi connectivity index (χ4n) is 2.26. The molecule has 0 saturated carbocycles. The molecule has 0 aliphatic heterocycles. The molecule has 2 amide bonds. The van der Waals surface area contributed by atoms with E-state index in [9.17, 15) is 9.59 Å². The zero-order valence-electron chi connectivity index (χ0n) is 15.1. The Balaban J connectivity index is 1.84. The number of benzene rings is 2. The molecule has 0 bridgehead atoms. The van der Waals surface area contributed by atoms with Crippen molar-refractivity contribution in [3.8, 4) is 5.75 Å². The molecular formula is C20H24N2O3S. The summed E-state index contributed by atoms with van der Waals surface area (Å²) in [5.74, 6) is 0.990. The Kier molecular flexibility index (Phi) is 8.02. The maximum Gasteiger partial charge on any atom is 0.234 e. The quantitative estimate of drug-likeness (QED) is 0.634. The summed E-state index contributed by atoms with van der Waals surface area (Å²) in [6, 6.07) is 14.8. The summed E-state index contributed by atoms with van der Waals surface area (Å²) in [6.07, 6.45) is 1.31. The molecule has 0 radical (unpaired) electrons. The highest BCUT2D eigenvalue weighted by molar-refractivity contribution is 8.00. The number of rotatable bonds is 9. The normalized spacial score (nSPS) is 10.2. The zero-order chi connectivity index (χ0) is 18.8. The zero-order valence-corrected chi connectivity index (χ0v) is 15.9. The SMILES string of the molecule is CCCC(=O)Nc1cccc(SCC(=O)Nc2ccc(OCC)cc2)c1. The lowest BCUT2D eigenvalue weighted by molar-refractivity contribution is -0.116. The molecule has 0 aliphatic carbocycles. The molecule has 0 saturated heterocycles. The van der Waals surface area contributed by atoms with Crippen LogP contribution in [0.5, 0.6) is 5.75 Å². The second-order valence-corrected chi connectivity index (χ2v) is 6.67. The maximum absolute atomic E-state index is 12.1. The lowest BCUT2D eigenvalue weighted by atomic mass is 10.3. The molecule has 0 aliphatic rings. The highest BCUT2D eigenvalue weighted by Crippen LogP contribution is 2.22. The topological polar surface area (TPSA) is 67.4 Å². The van der Waals surface area contributed by atoms with Crippen molar-refractivity contribution in [2.75, 3.05) is 23.0 Å². The Morgan fingerprint density at radius 1 is 0.962 bits per heavy atom. The number of carbonyl (C=O) groups excluding carboxylic acids is 2. The van der Waals surface area contributed by atoms with Crippen molar-refractivity contribution in [1.82, 2.24) is 0 Å². The van der Waals surface area contributed by atoms with E-state index in [0.717, 1.165) is 28.4 Å². The minimum atomic E-state index is -0.0837. The van der Waals surface area contributed by atoms with Crippen molar-refractivity contribution in [2.24, 2.45) is 0 Å². The van der Waals surface area contributed by atoms with Gasteiger partial charge in [0.25, 0.3) is 0 Å². The van der Waals surface area contributed by atoms with E-state index in [1.807, 2.05) is 62.4 Å². The summed E-state index contributed by atoms with van der Waals surface area (Å²) in [4.78, 5) is 24.7. The van der Waals surface area contributed by atoms with Gasteiger partial charge in [-0.1, -0.05) is 13.0 Å². The Hall–Kier alpha value is -2.47. The van der Waals surface area contributed by atoms with Crippen LogP contribution in [0.4, 0.5) is 11.4 Å². The molecule has 6 heteroatoms. The van der Waals surface area contributed by atoms with Crippen LogP contribution in [-0.2, 0) is 9.59 Å². The molecule has 2 aromatic rings. The van der Waals surface area contributed by atoms with E-state index < -0.39 is 0 Å². The summed E-state index contributed by atoms with van der Waals surface area (Å²) < 4.78 is 5.38. The van der Waals surface area contributed by atoms with Crippen molar-refractivity contribution in [3.05, 3.63) is 48.5 Å². The number of thioether (sulfide) groups is 1. The van der Waals surface area contributed by atoms with E-state index in [0.29, 0.717) is 18.8 Å². The van der Waals surface area contributed by atoms with Gasteiger partial charge >= 0.3 is 0 Å².